The van der Waals surface area contributed by atoms with Crippen LogP contribution in [-0.2, 0) is 9.59 Å². The van der Waals surface area contributed by atoms with E-state index in [4.69, 9.17) is 0 Å². The normalized spacial score (nSPS) is 27.7. The highest BCUT2D eigenvalue weighted by Crippen LogP contribution is 2.19. The standard InChI is InChI=1S/C8H6N2O2/c11-5-1-3-9-7(5)8-6(12)2-4-10-8/h3-4H,1-2H2. The fourth-order valence-electron chi connectivity index (χ4n) is 1.16. The molecule has 0 aromatic rings. The zero-order valence-electron chi connectivity index (χ0n) is 6.28. The van der Waals surface area contributed by atoms with Gasteiger partial charge in [0, 0.05) is 25.3 Å². The third kappa shape index (κ3) is 0.922. The summed E-state index contributed by atoms with van der Waals surface area (Å²) in [5, 5.41) is 0. The number of aliphatic imine (C=N–C) groups is 2. The lowest BCUT2D eigenvalue weighted by Crippen LogP contribution is -2.02. The van der Waals surface area contributed by atoms with Crippen molar-refractivity contribution >= 4 is 24.0 Å². The Morgan fingerprint density at radius 2 is 1.33 bits per heavy atom. The minimum atomic E-state index is -0.114. The van der Waals surface area contributed by atoms with Gasteiger partial charge in [0.2, 0.25) is 0 Å². The molecule has 4 heteroatoms. The Balaban J connectivity index is 2.48. The van der Waals surface area contributed by atoms with Crippen LogP contribution in [-0.4, -0.2) is 24.0 Å². The van der Waals surface area contributed by atoms with Crippen molar-refractivity contribution in [2.75, 3.05) is 0 Å². The Bertz CT molecular complexity index is 316. The van der Waals surface area contributed by atoms with Crippen LogP contribution in [0.2, 0.25) is 0 Å². The number of hydrogen-bond acceptors (Lipinski definition) is 4. The highest BCUT2D eigenvalue weighted by molar-refractivity contribution is 6.17. The van der Waals surface area contributed by atoms with E-state index >= 15 is 0 Å². The highest BCUT2D eigenvalue weighted by Gasteiger charge is 2.24. The van der Waals surface area contributed by atoms with Gasteiger partial charge >= 0.3 is 0 Å². The van der Waals surface area contributed by atoms with Crippen LogP contribution in [0.1, 0.15) is 12.8 Å². The quantitative estimate of drug-likeness (QED) is 0.480. The molecule has 4 nitrogen and oxygen atoms in total. The number of nitrogens with zero attached hydrogens (tertiary/aromatic N) is 2. The van der Waals surface area contributed by atoms with Crippen LogP contribution in [0.25, 0.3) is 0 Å². The van der Waals surface area contributed by atoms with E-state index in [1.54, 1.807) is 0 Å². The van der Waals surface area contributed by atoms with Gasteiger partial charge in [0.05, 0.1) is 0 Å². The van der Waals surface area contributed by atoms with Gasteiger partial charge in [-0.2, -0.15) is 0 Å². The van der Waals surface area contributed by atoms with Crippen molar-refractivity contribution in [2.45, 2.75) is 12.8 Å². The largest absolute Gasteiger partial charge is 0.292 e. The molecule has 2 heterocycles. The van der Waals surface area contributed by atoms with Crippen LogP contribution in [0.5, 0.6) is 0 Å². The molecule has 0 aliphatic carbocycles. The Labute approximate surface area is 68.7 Å². The van der Waals surface area contributed by atoms with E-state index < -0.39 is 0 Å². The van der Waals surface area contributed by atoms with Gasteiger partial charge in [0.15, 0.2) is 11.6 Å². The van der Waals surface area contributed by atoms with Gasteiger partial charge in [-0.3, -0.25) is 19.6 Å². The van der Waals surface area contributed by atoms with E-state index in [-0.39, 0.29) is 23.0 Å². The first kappa shape index (κ1) is 7.09. The van der Waals surface area contributed by atoms with Gasteiger partial charge in [-0.15, -0.1) is 0 Å². The molecule has 0 saturated heterocycles. The van der Waals surface area contributed by atoms with Crippen LogP contribution in [0.4, 0.5) is 0 Å². The summed E-state index contributed by atoms with van der Waals surface area (Å²) in [6, 6.07) is 0. The second-order valence-corrected chi connectivity index (χ2v) is 2.58. The summed E-state index contributed by atoms with van der Waals surface area (Å²) in [7, 11) is 0. The maximum Gasteiger partial charge on any atom is 0.188 e. The minimum Gasteiger partial charge on any atom is -0.292 e. The van der Waals surface area contributed by atoms with E-state index in [2.05, 4.69) is 9.98 Å². The van der Waals surface area contributed by atoms with Crippen molar-refractivity contribution < 1.29 is 9.59 Å². The zero-order chi connectivity index (χ0) is 8.55. The van der Waals surface area contributed by atoms with Gasteiger partial charge in [0.1, 0.15) is 11.4 Å². The van der Waals surface area contributed by atoms with E-state index in [1.807, 2.05) is 0 Å². The van der Waals surface area contributed by atoms with Crippen molar-refractivity contribution in [3.8, 4) is 0 Å². The molecule has 0 N–H and O–H groups in total. The molecule has 12 heavy (non-hydrogen) atoms. The van der Waals surface area contributed by atoms with E-state index in [9.17, 15) is 9.59 Å². The first-order chi connectivity index (χ1) is 5.79. The molecule has 60 valence electrons. The molecule has 0 aromatic carbocycles. The maximum atomic E-state index is 11.1. The molecule has 2 aliphatic heterocycles. The van der Waals surface area contributed by atoms with Crippen LogP contribution < -0.4 is 0 Å². The number of carbonyl (C=O) groups is 2. The van der Waals surface area contributed by atoms with E-state index in [1.165, 1.54) is 12.4 Å². The summed E-state index contributed by atoms with van der Waals surface area (Å²) in [6.07, 6.45) is 3.60. The Kier molecular flexibility index (Phi) is 1.46. The molecular weight excluding hydrogens is 156 g/mol. The molecule has 2 aliphatic rings. The number of hydrogen-bond donors (Lipinski definition) is 0. The molecule has 0 unspecified atom stereocenters. The van der Waals surface area contributed by atoms with Crippen molar-refractivity contribution in [1.82, 2.24) is 0 Å². The molecule has 0 amide bonds. The zero-order valence-corrected chi connectivity index (χ0v) is 6.28. The Morgan fingerprint density at radius 3 is 1.58 bits per heavy atom. The van der Waals surface area contributed by atoms with Crippen LogP contribution in [0, 0.1) is 0 Å². The van der Waals surface area contributed by atoms with Crippen LogP contribution in [0.15, 0.2) is 21.4 Å². The summed E-state index contributed by atoms with van der Waals surface area (Å²) < 4.78 is 0. The summed E-state index contributed by atoms with van der Waals surface area (Å²) in [5.74, 6) is -0.227. The fourth-order valence-corrected chi connectivity index (χ4v) is 1.16. The number of ketones is 2. The summed E-state index contributed by atoms with van der Waals surface area (Å²) in [4.78, 5) is 29.8. The minimum absolute atomic E-state index is 0.114. The molecule has 0 fully saturated rings. The van der Waals surface area contributed by atoms with Crippen molar-refractivity contribution in [1.29, 1.82) is 0 Å². The first-order valence-electron chi connectivity index (χ1n) is 3.65. The molecule has 0 bridgehead atoms. The molecule has 0 spiro atoms. The number of rotatable bonds is 0. The van der Waals surface area contributed by atoms with Gasteiger partial charge in [0.25, 0.3) is 0 Å². The fraction of sp³-hybridized carbons (Fsp3) is 0.250. The first-order valence-corrected chi connectivity index (χ1v) is 3.65. The predicted molar refractivity (Wildman–Crippen MR) is 43.3 cm³/mol. The Hall–Kier alpha value is -1.58. The molecule has 0 radical (unpaired) electrons. The van der Waals surface area contributed by atoms with Gasteiger partial charge < -0.3 is 0 Å². The molecule has 0 atom stereocenters. The van der Waals surface area contributed by atoms with Gasteiger partial charge in [-0.05, 0) is 0 Å². The molecule has 0 saturated carbocycles. The SMILES string of the molecule is O=C1CC=NC1=C1N=CCC1=O. The average molecular weight is 162 g/mol. The third-order valence-electron chi connectivity index (χ3n) is 1.75. The lowest BCUT2D eigenvalue weighted by Gasteiger charge is -1.93. The lowest BCUT2D eigenvalue weighted by molar-refractivity contribution is -0.116. The van der Waals surface area contributed by atoms with Crippen molar-refractivity contribution in [3.05, 3.63) is 11.4 Å². The maximum absolute atomic E-state index is 11.1. The van der Waals surface area contributed by atoms with Gasteiger partial charge in [-0.1, -0.05) is 0 Å². The monoisotopic (exact) mass is 162 g/mol. The lowest BCUT2D eigenvalue weighted by atomic mass is 10.2. The number of Topliss-reactive ketones (excluding diaryl/α,β-unsaturated/α-hetero) is 2. The summed E-state index contributed by atoms with van der Waals surface area (Å²) >= 11 is 0. The molecular formula is C8H6N2O2. The predicted octanol–water partition coefficient (Wildman–Crippen LogP) is 0.285. The number of allylic oxidation sites excluding steroid dienone is 2. The Morgan fingerprint density at radius 1 is 0.917 bits per heavy atom. The smallest absolute Gasteiger partial charge is 0.188 e. The third-order valence-corrected chi connectivity index (χ3v) is 1.75. The van der Waals surface area contributed by atoms with Crippen molar-refractivity contribution in [3.63, 3.8) is 0 Å². The second kappa shape index (κ2) is 2.48. The topological polar surface area (TPSA) is 58.9 Å². The average Bonchev–Trinajstić information content (AvgIpc) is 2.59. The van der Waals surface area contributed by atoms with Crippen LogP contribution in [0.3, 0.4) is 0 Å². The van der Waals surface area contributed by atoms with Crippen molar-refractivity contribution in [2.24, 2.45) is 9.98 Å². The molecule has 2 rings (SSSR count). The summed E-state index contributed by atoms with van der Waals surface area (Å²) in [6.45, 7) is 0. The number of carbonyl (C=O) groups excluding carboxylic acids is 2. The van der Waals surface area contributed by atoms with Crippen LogP contribution >= 0.6 is 0 Å². The highest BCUT2D eigenvalue weighted by atomic mass is 16.1. The summed E-state index contributed by atoms with van der Waals surface area (Å²) in [5.41, 5.74) is 0.461. The van der Waals surface area contributed by atoms with Gasteiger partial charge in [-0.25, -0.2) is 0 Å². The second-order valence-electron chi connectivity index (χ2n) is 2.58. The van der Waals surface area contributed by atoms with E-state index in [0.717, 1.165) is 0 Å². The molecule has 0 aromatic heterocycles. The van der Waals surface area contributed by atoms with E-state index in [0.29, 0.717) is 12.8 Å².